The minimum Gasteiger partial charge on any atom is -0.457 e. The van der Waals surface area contributed by atoms with Crippen LogP contribution in [0.4, 0.5) is 10.2 Å². The second-order valence-electron chi connectivity index (χ2n) is 13.3. The first-order valence-electron chi connectivity index (χ1n) is 17.1. The molecule has 1 amide bonds. The van der Waals surface area contributed by atoms with Gasteiger partial charge in [-0.05, 0) is 70.0 Å². The number of carbonyl (C=O) groups is 1. The minimum absolute atomic E-state index is 0.141. The van der Waals surface area contributed by atoms with Crippen molar-refractivity contribution >= 4 is 22.8 Å². The number of rotatable bonds is 11. The Morgan fingerprint density at radius 1 is 1.10 bits per heavy atom. The predicted octanol–water partition coefficient (Wildman–Crippen LogP) is 5.64. The molecule has 2 aromatic heterocycles. The zero-order valence-corrected chi connectivity index (χ0v) is 28.5. The number of ether oxygens (including phenoxy) is 1. The van der Waals surface area contributed by atoms with Crippen LogP contribution in [0.5, 0.6) is 11.5 Å². The van der Waals surface area contributed by atoms with Crippen molar-refractivity contribution in [3.05, 3.63) is 72.3 Å². The van der Waals surface area contributed by atoms with Crippen molar-refractivity contribution in [1.82, 2.24) is 34.4 Å². The van der Waals surface area contributed by atoms with E-state index in [-0.39, 0.29) is 28.9 Å². The number of hydrogen-bond donors (Lipinski definition) is 1. The first kappa shape index (κ1) is 34.0. The summed E-state index contributed by atoms with van der Waals surface area (Å²) in [6, 6.07) is 15.7. The lowest BCUT2D eigenvalue weighted by Crippen LogP contribution is -2.54. The molecule has 2 aliphatic rings. The van der Waals surface area contributed by atoms with Crippen LogP contribution >= 0.6 is 0 Å². The Hall–Kier alpha value is -4.86. The molecule has 0 saturated carbocycles. The third kappa shape index (κ3) is 7.43. The molecule has 49 heavy (non-hydrogen) atoms. The first-order chi connectivity index (χ1) is 23.7. The van der Waals surface area contributed by atoms with Crippen molar-refractivity contribution in [2.45, 2.75) is 64.6 Å². The SMILES string of the molecule is CCCCN1CCN(C(C)(C)/C=C(\C#N)C(=O)N2CCC[C@@H]2Cn2nc(-c3ccc(Oc4ccccc4)cc3F)c3c(N)ncnc32)CC1. The summed E-state index contributed by atoms with van der Waals surface area (Å²) < 4.78 is 23.1. The van der Waals surface area contributed by atoms with Gasteiger partial charge in [0.05, 0.1) is 18.0 Å². The summed E-state index contributed by atoms with van der Waals surface area (Å²) >= 11 is 0. The number of nitrogen functional groups attached to an aromatic ring is 1. The van der Waals surface area contributed by atoms with Gasteiger partial charge in [0.2, 0.25) is 0 Å². The monoisotopic (exact) mass is 665 g/mol. The lowest BCUT2D eigenvalue weighted by atomic mass is 9.97. The van der Waals surface area contributed by atoms with E-state index in [1.165, 1.54) is 25.2 Å². The number of likely N-dealkylation sites (tertiary alicyclic amines) is 1. The molecule has 2 N–H and O–H groups in total. The number of carbonyl (C=O) groups excluding carboxylic acids is 1. The van der Waals surface area contributed by atoms with Gasteiger partial charge in [0, 0.05) is 49.9 Å². The van der Waals surface area contributed by atoms with Gasteiger partial charge in [0.1, 0.15) is 46.8 Å². The summed E-state index contributed by atoms with van der Waals surface area (Å²) in [4.78, 5) is 29.2. The molecule has 11 nitrogen and oxygen atoms in total. The molecule has 2 aliphatic heterocycles. The number of amides is 1. The molecule has 2 saturated heterocycles. The minimum atomic E-state index is -0.533. The number of anilines is 1. The lowest BCUT2D eigenvalue weighted by Gasteiger charge is -2.43. The van der Waals surface area contributed by atoms with Crippen LogP contribution in [0.25, 0.3) is 22.3 Å². The third-order valence-corrected chi connectivity index (χ3v) is 9.62. The predicted molar refractivity (Wildman–Crippen MR) is 187 cm³/mol. The topological polar surface area (TPSA) is 129 Å². The number of fused-ring (bicyclic) bond motifs is 1. The Kier molecular flexibility index (Phi) is 10.2. The third-order valence-electron chi connectivity index (χ3n) is 9.62. The number of unbranched alkanes of at least 4 members (excludes halogenated alkanes) is 1. The summed E-state index contributed by atoms with van der Waals surface area (Å²) in [7, 11) is 0. The van der Waals surface area contributed by atoms with E-state index in [4.69, 9.17) is 15.6 Å². The summed E-state index contributed by atoms with van der Waals surface area (Å²) in [6.07, 6.45) is 7.07. The molecule has 0 radical (unpaired) electrons. The highest BCUT2D eigenvalue weighted by Crippen LogP contribution is 2.35. The maximum atomic E-state index is 15.6. The van der Waals surface area contributed by atoms with Crippen LogP contribution in [0.3, 0.4) is 0 Å². The highest BCUT2D eigenvalue weighted by Gasteiger charge is 2.35. The summed E-state index contributed by atoms with van der Waals surface area (Å²) in [6.45, 7) is 12.0. The van der Waals surface area contributed by atoms with Gasteiger partial charge in [-0.25, -0.2) is 19.0 Å². The smallest absolute Gasteiger partial charge is 0.264 e. The Morgan fingerprint density at radius 2 is 1.88 bits per heavy atom. The quantitative estimate of drug-likeness (QED) is 0.160. The average Bonchev–Trinajstić information content (AvgIpc) is 3.72. The Bertz CT molecular complexity index is 1860. The molecule has 12 heteroatoms. The van der Waals surface area contributed by atoms with E-state index in [9.17, 15) is 10.1 Å². The maximum absolute atomic E-state index is 15.6. The molecule has 4 aromatic rings. The maximum Gasteiger partial charge on any atom is 0.264 e. The fourth-order valence-corrected chi connectivity index (χ4v) is 6.89. The molecule has 0 bridgehead atoms. The van der Waals surface area contributed by atoms with Crippen LogP contribution in [0.1, 0.15) is 46.5 Å². The van der Waals surface area contributed by atoms with E-state index < -0.39 is 11.4 Å². The number of nitrogens with two attached hydrogens (primary N) is 1. The van der Waals surface area contributed by atoms with E-state index in [1.807, 2.05) is 24.3 Å². The standard InChI is InChI=1S/C37H44FN9O2/c1-4-5-15-44-17-19-45(20-18-44)37(2,3)22-26(23-39)36(48)46-16-9-10-27(46)24-47-35-32(34(40)41-25-42-35)33(43-47)30-14-13-29(21-31(30)38)49-28-11-7-6-8-12-28/h6-8,11-14,21-22,25,27H,4-5,9-10,15-20,24H2,1-3H3,(H2,40,41,42)/b26-22+/t27-/m1/s1. The first-order valence-corrected chi connectivity index (χ1v) is 17.1. The van der Waals surface area contributed by atoms with Crippen LogP contribution in [-0.4, -0.2) is 91.2 Å². The van der Waals surface area contributed by atoms with E-state index >= 15 is 4.39 Å². The zero-order valence-electron chi connectivity index (χ0n) is 28.5. The molecule has 2 fully saturated rings. The van der Waals surface area contributed by atoms with Crippen LogP contribution < -0.4 is 10.5 Å². The molecular weight excluding hydrogens is 621 g/mol. The van der Waals surface area contributed by atoms with Gasteiger partial charge < -0.3 is 20.3 Å². The van der Waals surface area contributed by atoms with Gasteiger partial charge in [-0.15, -0.1) is 0 Å². The number of hydrogen-bond acceptors (Lipinski definition) is 9. The summed E-state index contributed by atoms with van der Waals surface area (Å²) in [5.74, 6) is 0.300. The number of para-hydroxylation sites is 1. The fourth-order valence-electron chi connectivity index (χ4n) is 6.89. The van der Waals surface area contributed by atoms with Gasteiger partial charge in [-0.3, -0.25) is 9.69 Å². The van der Waals surface area contributed by atoms with Crippen molar-refractivity contribution in [1.29, 1.82) is 5.26 Å². The Balaban J connectivity index is 1.22. The molecule has 2 aromatic carbocycles. The second-order valence-corrected chi connectivity index (χ2v) is 13.3. The van der Waals surface area contributed by atoms with Crippen LogP contribution in [0.15, 0.2) is 66.5 Å². The normalized spacial score (nSPS) is 17.8. The van der Waals surface area contributed by atoms with E-state index in [0.717, 1.165) is 45.6 Å². The van der Waals surface area contributed by atoms with Crippen molar-refractivity contribution in [3.63, 3.8) is 0 Å². The molecule has 0 spiro atoms. The zero-order chi connectivity index (χ0) is 34.5. The molecule has 6 rings (SSSR count). The van der Waals surface area contributed by atoms with Crippen molar-refractivity contribution in [2.24, 2.45) is 0 Å². The number of nitrogens with zero attached hydrogens (tertiary/aromatic N) is 8. The molecule has 0 aliphatic carbocycles. The fraction of sp³-hybridized carbons (Fsp3) is 0.432. The van der Waals surface area contributed by atoms with Crippen LogP contribution in [0, 0.1) is 17.1 Å². The van der Waals surface area contributed by atoms with Crippen molar-refractivity contribution in [3.8, 4) is 28.8 Å². The molecule has 0 unspecified atom stereocenters. The highest BCUT2D eigenvalue weighted by atomic mass is 19.1. The van der Waals surface area contributed by atoms with Gasteiger partial charge in [0.15, 0.2) is 5.65 Å². The Labute approximate surface area is 286 Å². The molecule has 1 atom stereocenters. The second kappa shape index (κ2) is 14.7. The van der Waals surface area contributed by atoms with Crippen LogP contribution in [0.2, 0.25) is 0 Å². The summed E-state index contributed by atoms with van der Waals surface area (Å²) in [5, 5.41) is 15.4. The number of piperazine rings is 1. The lowest BCUT2D eigenvalue weighted by molar-refractivity contribution is -0.127. The number of aromatic nitrogens is 4. The van der Waals surface area contributed by atoms with Gasteiger partial charge >= 0.3 is 0 Å². The highest BCUT2D eigenvalue weighted by molar-refractivity contribution is 5.99. The number of benzene rings is 2. The van der Waals surface area contributed by atoms with E-state index in [1.54, 1.807) is 33.8 Å². The number of halogens is 1. The van der Waals surface area contributed by atoms with Crippen LogP contribution in [-0.2, 0) is 11.3 Å². The van der Waals surface area contributed by atoms with Gasteiger partial charge in [-0.1, -0.05) is 31.5 Å². The van der Waals surface area contributed by atoms with E-state index in [2.05, 4.69) is 46.6 Å². The van der Waals surface area contributed by atoms with Gasteiger partial charge in [0.25, 0.3) is 5.91 Å². The van der Waals surface area contributed by atoms with Crippen molar-refractivity contribution in [2.75, 3.05) is 45.0 Å². The number of nitriles is 1. The molecular formula is C37H44FN9O2. The molecule has 256 valence electrons. The van der Waals surface area contributed by atoms with E-state index in [0.29, 0.717) is 41.3 Å². The van der Waals surface area contributed by atoms with Crippen molar-refractivity contribution < 1.29 is 13.9 Å². The largest absolute Gasteiger partial charge is 0.457 e. The van der Waals surface area contributed by atoms with Gasteiger partial charge in [-0.2, -0.15) is 10.4 Å². The average molecular weight is 666 g/mol. The Morgan fingerprint density at radius 3 is 2.59 bits per heavy atom. The molecule has 4 heterocycles. The summed E-state index contributed by atoms with van der Waals surface area (Å²) in [5.41, 5.74) is 6.98.